The van der Waals surface area contributed by atoms with Gasteiger partial charge in [0.2, 0.25) is 0 Å². The van der Waals surface area contributed by atoms with Gasteiger partial charge in [-0.25, -0.2) is 4.79 Å². The minimum atomic E-state index is -0.565. The van der Waals surface area contributed by atoms with E-state index >= 15 is 0 Å². The second kappa shape index (κ2) is 3.77. The summed E-state index contributed by atoms with van der Waals surface area (Å²) < 4.78 is 3.99. The number of carbonyl (C=O) groups excluding carboxylic acids is 1. The summed E-state index contributed by atoms with van der Waals surface area (Å²) in [6.07, 6.45) is 0. The Bertz CT molecular complexity index is 341. The summed E-state index contributed by atoms with van der Waals surface area (Å²) in [5.41, 5.74) is 0.917. The third kappa shape index (κ3) is 2.31. The normalized spacial score (nSPS) is 11.1. The van der Waals surface area contributed by atoms with Crippen LogP contribution in [-0.2, 0) is 4.74 Å². The number of hydrogen-bond donors (Lipinski definition) is 0. The first-order valence-corrected chi connectivity index (χ1v) is 4.19. The third-order valence-corrected chi connectivity index (χ3v) is 1.89. The Balaban J connectivity index is 3.08. The van der Waals surface area contributed by atoms with Crippen LogP contribution in [0.2, 0.25) is 0 Å². The molecule has 1 aromatic carbocycles. The molecule has 0 amide bonds. The predicted octanol–water partition coefficient (Wildman–Crippen LogP) is 1.54. The minimum absolute atomic E-state index is 0.395. The van der Waals surface area contributed by atoms with E-state index in [-0.39, 0.29) is 0 Å². The predicted molar refractivity (Wildman–Crippen MR) is 54.8 cm³/mol. The van der Waals surface area contributed by atoms with Crippen LogP contribution < -0.4 is 4.65 Å². The standard InChI is InChI=1S/C10H13NO3/c1-11(2,13)9-6-4-5-8(7-9)10(12)14-3/h4-7H,1-3H3. The zero-order valence-corrected chi connectivity index (χ0v) is 8.48. The summed E-state index contributed by atoms with van der Waals surface area (Å²) in [6, 6.07) is 6.50. The van der Waals surface area contributed by atoms with Crippen molar-refractivity contribution in [1.29, 1.82) is 0 Å². The Morgan fingerprint density at radius 3 is 2.57 bits per heavy atom. The summed E-state index contributed by atoms with van der Waals surface area (Å²) >= 11 is 0. The highest BCUT2D eigenvalue weighted by Crippen LogP contribution is 2.19. The van der Waals surface area contributed by atoms with Crippen molar-refractivity contribution in [2.24, 2.45) is 0 Å². The van der Waals surface area contributed by atoms with Gasteiger partial charge in [0.1, 0.15) is 5.69 Å². The SMILES string of the molecule is COC(=O)c1cccc([N+](C)(C)[O-])c1. The zero-order chi connectivity index (χ0) is 10.8. The highest BCUT2D eigenvalue weighted by molar-refractivity contribution is 5.90. The number of rotatable bonds is 2. The largest absolute Gasteiger partial charge is 0.628 e. The van der Waals surface area contributed by atoms with Gasteiger partial charge in [0.05, 0.1) is 26.8 Å². The molecule has 0 aliphatic rings. The average molecular weight is 195 g/mol. The molecule has 0 aromatic heterocycles. The lowest BCUT2D eigenvalue weighted by Gasteiger charge is -2.33. The van der Waals surface area contributed by atoms with E-state index in [1.165, 1.54) is 21.2 Å². The molecule has 0 N–H and O–H groups in total. The van der Waals surface area contributed by atoms with Gasteiger partial charge in [-0.1, -0.05) is 6.07 Å². The summed E-state index contributed by atoms with van der Waals surface area (Å²) in [5, 5.41) is 11.6. The first-order chi connectivity index (χ1) is 6.45. The Morgan fingerprint density at radius 2 is 2.07 bits per heavy atom. The molecule has 1 aromatic rings. The topological polar surface area (TPSA) is 49.4 Å². The quantitative estimate of drug-likeness (QED) is 0.408. The maximum absolute atomic E-state index is 11.6. The highest BCUT2D eigenvalue weighted by atomic mass is 16.5. The smallest absolute Gasteiger partial charge is 0.338 e. The van der Waals surface area contributed by atoms with Crippen LogP contribution in [0.1, 0.15) is 10.4 Å². The van der Waals surface area contributed by atoms with Crippen molar-refractivity contribution in [3.8, 4) is 0 Å². The van der Waals surface area contributed by atoms with Gasteiger partial charge < -0.3 is 14.6 Å². The van der Waals surface area contributed by atoms with Gasteiger partial charge in [-0.3, -0.25) is 0 Å². The van der Waals surface area contributed by atoms with E-state index in [1.807, 2.05) is 0 Å². The van der Waals surface area contributed by atoms with Crippen LogP contribution in [0.4, 0.5) is 5.69 Å². The van der Waals surface area contributed by atoms with E-state index in [9.17, 15) is 10.0 Å². The fourth-order valence-corrected chi connectivity index (χ4v) is 1.09. The fraction of sp³-hybridized carbons (Fsp3) is 0.300. The lowest BCUT2D eigenvalue weighted by Crippen LogP contribution is -2.32. The van der Waals surface area contributed by atoms with Crippen LogP contribution in [0.25, 0.3) is 0 Å². The van der Waals surface area contributed by atoms with Crippen LogP contribution in [0, 0.1) is 5.21 Å². The second-order valence-electron chi connectivity index (χ2n) is 3.39. The molecule has 0 saturated heterocycles. The number of quaternary nitrogens is 1. The number of hydrogen-bond acceptors (Lipinski definition) is 3. The molecule has 0 aliphatic heterocycles. The molecule has 0 radical (unpaired) electrons. The van der Waals surface area contributed by atoms with Crippen LogP contribution in [0.5, 0.6) is 0 Å². The molecule has 14 heavy (non-hydrogen) atoms. The van der Waals surface area contributed by atoms with Crippen LogP contribution in [0.3, 0.4) is 0 Å². The van der Waals surface area contributed by atoms with Gasteiger partial charge in [0, 0.05) is 6.07 Å². The molecule has 0 unspecified atom stereocenters. The number of esters is 1. The number of ether oxygens (including phenoxy) is 1. The number of benzene rings is 1. The van der Waals surface area contributed by atoms with Crippen molar-refractivity contribution in [1.82, 2.24) is 4.65 Å². The highest BCUT2D eigenvalue weighted by Gasteiger charge is 2.11. The zero-order valence-electron chi connectivity index (χ0n) is 8.48. The fourth-order valence-electron chi connectivity index (χ4n) is 1.09. The van der Waals surface area contributed by atoms with E-state index < -0.39 is 10.6 Å². The van der Waals surface area contributed by atoms with Crippen molar-refractivity contribution in [2.45, 2.75) is 0 Å². The van der Waals surface area contributed by atoms with Gasteiger partial charge in [-0.15, -0.1) is 0 Å². The summed E-state index contributed by atoms with van der Waals surface area (Å²) in [4.78, 5) is 11.2. The molecule has 0 aliphatic carbocycles. The van der Waals surface area contributed by atoms with E-state index in [0.29, 0.717) is 11.3 Å². The second-order valence-corrected chi connectivity index (χ2v) is 3.39. The molecular weight excluding hydrogens is 182 g/mol. The first-order valence-electron chi connectivity index (χ1n) is 4.19. The van der Waals surface area contributed by atoms with Crippen molar-refractivity contribution in [3.63, 3.8) is 0 Å². The van der Waals surface area contributed by atoms with E-state index in [1.54, 1.807) is 24.3 Å². The summed E-state index contributed by atoms with van der Waals surface area (Å²) in [6.45, 7) is 0. The molecule has 4 heteroatoms. The van der Waals surface area contributed by atoms with E-state index in [2.05, 4.69) is 4.74 Å². The summed E-state index contributed by atoms with van der Waals surface area (Å²) in [5.74, 6) is -0.430. The van der Waals surface area contributed by atoms with Crippen LogP contribution >= 0.6 is 0 Å². The molecule has 0 fully saturated rings. The maximum atomic E-state index is 11.6. The number of carbonyl (C=O) groups is 1. The molecule has 0 saturated carbocycles. The number of methoxy groups -OCH3 is 1. The van der Waals surface area contributed by atoms with Gasteiger partial charge in [0.15, 0.2) is 0 Å². The van der Waals surface area contributed by atoms with Crippen LogP contribution in [-0.4, -0.2) is 27.2 Å². The molecular formula is C10H13NO3. The third-order valence-electron chi connectivity index (χ3n) is 1.89. The summed E-state index contributed by atoms with van der Waals surface area (Å²) in [7, 11) is 4.30. The molecule has 4 nitrogen and oxygen atoms in total. The molecule has 76 valence electrons. The van der Waals surface area contributed by atoms with Crippen molar-refractivity contribution in [2.75, 3.05) is 21.2 Å². The van der Waals surface area contributed by atoms with Gasteiger partial charge in [0.25, 0.3) is 0 Å². The first kappa shape index (κ1) is 10.7. The minimum Gasteiger partial charge on any atom is -0.628 e. The van der Waals surface area contributed by atoms with Gasteiger partial charge >= 0.3 is 5.97 Å². The lowest BCUT2D eigenvalue weighted by molar-refractivity contribution is 0.0600. The Labute approximate surface area is 82.9 Å². The van der Waals surface area contributed by atoms with Crippen molar-refractivity contribution >= 4 is 11.7 Å². The molecule has 0 spiro atoms. The maximum Gasteiger partial charge on any atom is 0.338 e. The monoisotopic (exact) mass is 195 g/mol. The van der Waals surface area contributed by atoms with Gasteiger partial charge in [-0.05, 0) is 12.1 Å². The average Bonchev–Trinajstić information content (AvgIpc) is 2.15. The molecule has 1 rings (SSSR count). The Kier molecular flexibility index (Phi) is 2.88. The molecule has 0 bridgehead atoms. The van der Waals surface area contributed by atoms with E-state index in [0.717, 1.165) is 0 Å². The van der Waals surface area contributed by atoms with Crippen molar-refractivity contribution < 1.29 is 9.53 Å². The molecule has 0 heterocycles. The lowest BCUT2D eigenvalue weighted by atomic mass is 10.2. The van der Waals surface area contributed by atoms with Gasteiger partial charge in [-0.2, -0.15) is 0 Å². The number of hydroxylamine groups is 2. The van der Waals surface area contributed by atoms with Crippen LogP contribution in [0.15, 0.2) is 24.3 Å². The Morgan fingerprint density at radius 1 is 1.43 bits per heavy atom. The number of nitrogens with zero attached hydrogens (tertiary/aromatic N) is 1. The molecule has 0 atom stereocenters. The van der Waals surface area contributed by atoms with E-state index in [4.69, 9.17) is 0 Å². The Hall–Kier alpha value is -1.39. The van der Waals surface area contributed by atoms with Crippen molar-refractivity contribution in [3.05, 3.63) is 35.0 Å².